The quantitative estimate of drug-likeness (QED) is 0.906. The summed E-state index contributed by atoms with van der Waals surface area (Å²) in [5.74, 6) is -0.153. The van der Waals surface area contributed by atoms with Crippen LogP contribution in [0.4, 0.5) is 5.69 Å². The van der Waals surface area contributed by atoms with Gasteiger partial charge < -0.3 is 15.2 Å². The second-order valence-electron chi connectivity index (χ2n) is 5.95. The average molecular weight is 283 g/mol. The Balaban J connectivity index is 1.46. The van der Waals surface area contributed by atoms with Gasteiger partial charge in [0.1, 0.15) is 0 Å². The lowest BCUT2D eigenvalue weighted by Crippen LogP contribution is -2.29. The van der Waals surface area contributed by atoms with Crippen molar-refractivity contribution in [2.75, 3.05) is 11.9 Å². The molecule has 1 saturated heterocycles. The van der Waals surface area contributed by atoms with Crippen LogP contribution in [-0.4, -0.2) is 34.3 Å². The fourth-order valence-corrected chi connectivity index (χ4v) is 3.02. The molecule has 1 aliphatic heterocycles. The molecule has 2 heterocycles. The summed E-state index contributed by atoms with van der Waals surface area (Å²) in [6.45, 7) is 0.571. The summed E-state index contributed by atoms with van der Waals surface area (Å²) >= 11 is 0. The standard InChI is InChI=1S/C16H17N3O2/c20-15-8-11(9-19(15)13-2-3-13)16(21)18-12-1-4-14-10(7-12)5-6-17-14/h1,4-7,11,13,17H,2-3,8-9H2,(H,18,21)/t11-/m1/s1. The maximum atomic E-state index is 12.3. The maximum Gasteiger partial charge on any atom is 0.229 e. The Bertz CT molecular complexity index is 717. The topological polar surface area (TPSA) is 65.2 Å². The number of hydrogen-bond acceptors (Lipinski definition) is 2. The molecule has 1 aromatic heterocycles. The van der Waals surface area contributed by atoms with Gasteiger partial charge >= 0.3 is 0 Å². The van der Waals surface area contributed by atoms with E-state index in [9.17, 15) is 9.59 Å². The van der Waals surface area contributed by atoms with Crippen LogP contribution in [0.15, 0.2) is 30.5 Å². The molecule has 1 aliphatic carbocycles. The highest BCUT2D eigenvalue weighted by atomic mass is 16.2. The molecule has 1 aromatic carbocycles. The SMILES string of the molecule is O=C(Nc1ccc2[nH]ccc2c1)[C@@H]1CC(=O)N(C2CC2)C1. The lowest BCUT2D eigenvalue weighted by molar-refractivity contribution is -0.128. The number of benzene rings is 1. The van der Waals surface area contributed by atoms with E-state index in [1.54, 1.807) is 0 Å². The van der Waals surface area contributed by atoms with E-state index in [2.05, 4.69) is 10.3 Å². The molecule has 4 rings (SSSR count). The molecule has 21 heavy (non-hydrogen) atoms. The highest BCUT2D eigenvalue weighted by molar-refractivity contribution is 5.98. The summed E-state index contributed by atoms with van der Waals surface area (Å²) in [7, 11) is 0. The molecule has 108 valence electrons. The molecule has 2 amide bonds. The van der Waals surface area contributed by atoms with Gasteiger partial charge in [0.25, 0.3) is 0 Å². The van der Waals surface area contributed by atoms with Gasteiger partial charge in [-0.3, -0.25) is 9.59 Å². The number of carbonyl (C=O) groups excluding carboxylic acids is 2. The molecule has 2 N–H and O–H groups in total. The van der Waals surface area contributed by atoms with Crippen LogP contribution < -0.4 is 5.32 Å². The van der Waals surface area contributed by atoms with Crippen molar-refractivity contribution in [3.05, 3.63) is 30.5 Å². The van der Waals surface area contributed by atoms with Crippen LogP contribution in [0, 0.1) is 5.92 Å². The molecular weight excluding hydrogens is 266 g/mol. The predicted octanol–water partition coefficient (Wildman–Crippen LogP) is 2.12. The van der Waals surface area contributed by atoms with Crippen molar-refractivity contribution < 1.29 is 9.59 Å². The van der Waals surface area contributed by atoms with Gasteiger partial charge in [-0.1, -0.05) is 0 Å². The van der Waals surface area contributed by atoms with E-state index in [4.69, 9.17) is 0 Å². The molecule has 2 fully saturated rings. The first-order valence-corrected chi connectivity index (χ1v) is 7.38. The number of aromatic nitrogens is 1. The molecule has 0 unspecified atom stereocenters. The van der Waals surface area contributed by atoms with Crippen molar-refractivity contribution in [1.82, 2.24) is 9.88 Å². The van der Waals surface area contributed by atoms with E-state index >= 15 is 0 Å². The van der Waals surface area contributed by atoms with Crippen molar-refractivity contribution in [3.63, 3.8) is 0 Å². The van der Waals surface area contributed by atoms with Crippen molar-refractivity contribution in [2.24, 2.45) is 5.92 Å². The van der Waals surface area contributed by atoms with E-state index in [1.807, 2.05) is 35.4 Å². The highest BCUT2D eigenvalue weighted by Crippen LogP contribution is 2.33. The minimum absolute atomic E-state index is 0.0543. The lowest BCUT2D eigenvalue weighted by Gasteiger charge is -2.15. The number of anilines is 1. The zero-order chi connectivity index (χ0) is 14.4. The van der Waals surface area contributed by atoms with Gasteiger partial charge in [-0.2, -0.15) is 0 Å². The molecule has 0 bridgehead atoms. The van der Waals surface area contributed by atoms with Crippen LogP contribution in [0.25, 0.3) is 10.9 Å². The van der Waals surface area contributed by atoms with Crippen molar-refractivity contribution >= 4 is 28.4 Å². The summed E-state index contributed by atoms with van der Waals surface area (Å²) in [4.78, 5) is 29.2. The summed E-state index contributed by atoms with van der Waals surface area (Å²) in [5, 5.41) is 4.00. The first-order chi connectivity index (χ1) is 10.2. The Morgan fingerprint density at radius 2 is 2.14 bits per heavy atom. The minimum Gasteiger partial charge on any atom is -0.361 e. The zero-order valence-corrected chi connectivity index (χ0v) is 11.6. The van der Waals surface area contributed by atoms with Gasteiger partial charge in [0, 0.05) is 41.8 Å². The summed E-state index contributed by atoms with van der Waals surface area (Å²) in [6.07, 6.45) is 4.39. The number of nitrogens with zero attached hydrogens (tertiary/aromatic N) is 1. The summed E-state index contributed by atoms with van der Waals surface area (Å²) in [6, 6.07) is 8.14. The number of likely N-dealkylation sites (tertiary alicyclic amines) is 1. The Kier molecular flexibility index (Phi) is 2.74. The van der Waals surface area contributed by atoms with E-state index in [1.165, 1.54) is 0 Å². The molecule has 2 aliphatic rings. The summed E-state index contributed by atoms with van der Waals surface area (Å²) in [5.41, 5.74) is 1.83. The molecule has 1 atom stereocenters. The zero-order valence-electron chi connectivity index (χ0n) is 11.6. The molecule has 5 nitrogen and oxygen atoms in total. The normalized spacial score (nSPS) is 22.0. The van der Waals surface area contributed by atoms with Crippen LogP contribution in [0.5, 0.6) is 0 Å². The van der Waals surface area contributed by atoms with Gasteiger partial charge in [-0.25, -0.2) is 0 Å². The maximum absolute atomic E-state index is 12.3. The van der Waals surface area contributed by atoms with E-state index in [-0.39, 0.29) is 17.7 Å². The average Bonchev–Trinajstić information content (AvgIpc) is 3.07. The largest absolute Gasteiger partial charge is 0.361 e. The number of fused-ring (bicyclic) bond motifs is 1. The van der Waals surface area contributed by atoms with Crippen LogP contribution in [0.2, 0.25) is 0 Å². The Labute approximate surface area is 122 Å². The number of amides is 2. The van der Waals surface area contributed by atoms with E-state index in [0.717, 1.165) is 29.4 Å². The number of nitrogens with one attached hydrogen (secondary N) is 2. The fraction of sp³-hybridized carbons (Fsp3) is 0.375. The Hall–Kier alpha value is -2.30. The van der Waals surface area contributed by atoms with Crippen LogP contribution in [0.1, 0.15) is 19.3 Å². The molecule has 1 saturated carbocycles. The Morgan fingerprint density at radius 3 is 2.95 bits per heavy atom. The molecule has 5 heteroatoms. The van der Waals surface area contributed by atoms with Crippen molar-refractivity contribution in [1.29, 1.82) is 0 Å². The molecule has 0 radical (unpaired) electrons. The number of hydrogen-bond donors (Lipinski definition) is 2. The van der Waals surface area contributed by atoms with Gasteiger partial charge in [0.15, 0.2) is 0 Å². The number of carbonyl (C=O) groups is 2. The highest BCUT2D eigenvalue weighted by Gasteiger charge is 2.41. The van der Waals surface area contributed by atoms with Crippen LogP contribution >= 0.6 is 0 Å². The second kappa shape index (κ2) is 4.62. The molecule has 0 spiro atoms. The van der Waals surface area contributed by atoms with Gasteiger partial charge in [-0.05, 0) is 37.1 Å². The van der Waals surface area contributed by atoms with E-state index in [0.29, 0.717) is 19.0 Å². The third kappa shape index (κ3) is 2.28. The van der Waals surface area contributed by atoms with Crippen molar-refractivity contribution in [2.45, 2.75) is 25.3 Å². The number of aromatic amines is 1. The smallest absolute Gasteiger partial charge is 0.229 e. The lowest BCUT2D eigenvalue weighted by atomic mass is 10.1. The minimum atomic E-state index is -0.222. The molecule has 2 aromatic rings. The van der Waals surface area contributed by atoms with Crippen LogP contribution in [0.3, 0.4) is 0 Å². The summed E-state index contributed by atoms with van der Waals surface area (Å²) < 4.78 is 0. The van der Waals surface area contributed by atoms with Gasteiger partial charge in [0.2, 0.25) is 11.8 Å². The van der Waals surface area contributed by atoms with E-state index < -0.39 is 0 Å². The van der Waals surface area contributed by atoms with Crippen molar-refractivity contribution in [3.8, 4) is 0 Å². The predicted molar refractivity (Wildman–Crippen MR) is 79.8 cm³/mol. The first kappa shape index (κ1) is 12.4. The number of rotatable bonds is 3. The third-order valence-corrected chi connectivity index (χ3v) is 4.34. The van der Waals surface area contributed by atoms with Crippen LogP contribution in [-0.2, 0) is 9.59 Å². The fourth-order valence-electron chi connectivity index (χ4n) is 3.02. The Morgan fingerprint density at radius 1 is 1.29 bits per heavy atom. The van der Waals surface area contributed by atoms with Gasteiger partial charge in [0.05, 0.1) is 5.92 Å². The third-order valence-electron chi connectivity index (χ3n) is 4.34. The molecular formula is C16H17N3O2. The number of H-pyrrole nitrogens is 1. The monoisotopic (exact) mass is 283 g/mol. The second-order valence-corrected chi connectivity index (χ2v) is 5.95. The van der Waals surface area contributed by atoms with Gasteiger partial charge in [-0.15, -0.1) is 0 Å². The first-order valence-electron chi connectivity index (χ1n) is 7.38.